The number of hydrogen-bond acceptors (Lipinski definition) is 6. The number of benzene rings is 1. The van der Waals surface area contributed by atoms with Crippen LogP contribution in [-0.4, -0.2) is 49.3 Å². The largest absolute Gasteiger partial charge is 0.391 e. The highest BCUT2D eigenvalue weighted by Gasteiger charge is 2.26. The highest BCUT2D eigenvalue weighted by atomic mass is 35.5. The molecular weight excluding hydrogens is 352 g/mol. The molecular formula is C18H19ClN6O. The molecule has 0 amide bonds. The maximum Gasteiger partial charge on any atom is 0.184 e. The molecule has 134 valence electrons. The summed E-state index contributed by atoms with van der Waals surface area (Å²) in [6.45, 7) is 7.54. The minimum atomic E-state index is -0.355. The predicted molar refractivity (Wildman–Crippen MR) is 101 cm³/mol. The number of allylic oxidation sites excluding steroid dienone is 1. The average molecular weight is 371 g/mol. The molecule has 3 heterocycles. The molecule has 0 radical (unpaired) electrons. The molecule has 1 saturated heterocycles. The highest BCUT2D eigenvalue weighted by molar-refractivity contribution is 6.31. The smallest absolute Gasteiger partial charge is 0.184 e. The molecule has 1 atom stereocenters. The molecule has 2 aromatic heterocycles. The van der Waals surface area contributed by atoms with Gasteiger partial charge in [-0.05, 0) is 30.5 Å². The van der Waals surface area contributed by atoms with Crippen molar-refractivity contribution in [2.24, 2.45) is 0 Å². The fourth-order valence-electron chi connectivity index (χ4n) is 3.08. The van der Waals surface area contributed by atoms with E-state index in [1.54, 1.807) is 4.68 Å². The molecule has 0 bridgehead atoms. The van der Waals surface area contributed by atoms with Gasteiger partial charge in [0.1, 0.15) is 0 Å². The summed E-state index contributed by atoms with van der Waals surface area (Å²) in [4.78, 5) is 11.2. The van der Waals surface area contributed by atoms with Crippen molar-refractivity contribution in [1.29, 1.82) is 0 Å². The number of halogens is 1. The Labute approximate surface area is 155 Å². The number of aliphatic hydroxyl groups excluding tert-OH is 1. The van der Waals surface area contributed by atoms with Crippen LogP contribution in [0.15, 0.2) is 30.8 Å². The minimum Gasteiger partial charge on any atom is -0.391 e. The summed E-state index contributed by atoms with van der Waals surface area (Å²) in [7, 11) is 0. The van der Waals surface area contributed by atoms with E-state index >= 15 is 0 Å². The Hall–Kier alpha value is -2.51. The third-order valence-electron chi connectivity index (χ3n) is 4.47. The molecule has 1 aromatic carbocycles. The first-order valence-electron chi connectivity index (χ1n) is 8.46. The first kappa shape index (κ1) is 16.9. The second-order valence-corrected chi connectivity index (χ2v) is 6.96. The summed E-state index contributed by atoms with van der Waals surface area (Å²) in [5, 5.41) is 19.1. The summed E-state index contributed by atoms with van der Waals surface area (Å²) in [6.07, 6.45) is 0.355. The molecule has 0 spiro atoms. The van der Waals surface area contributed by atoms with Gasteiger partial charge in [0.25, 0.3) is 0 Å². The number of hydrogen-bond donors (Lipinski definition) is 1. The van der Waals surface area contributed by atoms with E-state index in [1.807, 2.05) is 36.1 Å². The number of fused-ring (bicyclic) bond motifs is 1. The zero-order chi connectivity index (χ0) is 18.3. The van der Waals surface area contributed by atoms with Crippen molar-refractivity contribution in [3.05, 3.63) is 47.3 Å². The molecule has 8 heteroatoms. The topological polar surface area (TPSA) is 80.0 Å². The van der Waals surface area contributed by atoms with Crippen LogP contribution < -0.4 is 4.90 Å². The number of anilines is 1. The van der Waals surface area contributed by atoms with Crippen molar-refractivity contribution < 1.29 is 5.11 Å². The van der Waals surface area contributed by atoms with E-state index < -0.39 is 0 Å². The molecule has 1 unspecified atom stereocenters. The molecule has 1 aliphatic rings. The normalized spacial score (nSPS) is 17.2. The van der Waals surface area contributed by atoms with Crippen molar-refractivity contribution in [2.45, 2.75) is 26.0 Å². The van der Waals surface area contributed by atoms with E-state index in [9.17, 15) is 5.11 Å². The van der Waals surface area contributed by atoms with Crippen LogP contribution in [0.25, 0.3) is 16.7 Å². The summed E-state index contributed by atoms with van der Waals surface area (Å²) < 4.78 is 1.72. The molecule has 4 rings (SSSR count). The summed E-state index contributed by atoms with van der Waals surface area (Å²) in [6, 6.07) is 7.63. The lowest BCUT2D eigenvalue weighted by molar-refractivity contribution is 0.198. The second-order valence-electron chi connectivity index (χ2n) is 6.55. The monoisotopic (exact) mass is 370 g/mol. The lowest BCUT2D eigenvalue weighted by Crippen LogP contribution is -2.23. The van der Waals surface area contributed by atoms with Gasteiger partial charge < -0.3 is 10.0 Å². The van der Waals surface area contributed by atoms with E-state index in [1.165, 1.54) is 0 Å². The Morgan fingerprint density at radius 1 is 1.35 bits per heavy atom. The Morgan fingerprint density at radius 3 is 2.85 bits per heavy atom. The molecule has 0 saturated carbocycles. The van der Waals surface area contributed by atoms with Gasteiger partial charge in [0.2, 0.25) is 0 Å². The van der Waals surface area contributed by atoms with Crippen LogP contribution in [0.1, 0.15) is 24.7 Å². The van der Waals surface area contributed by atoms with Gasteiger partial charge in [-0.25, -0.2) is 14.6 Å². The predicted octanol–water partition coefficient (Wildman–Crippen LogP) is 2.53. The number of rotatable bonds is 4. The van der Waals surface area contributed by atoms with Crippen LogP contribution in [0.2, 0.25) is 5.02 Å². The Morgan fingerprint density at radius 2 is 2.15 bits per heavy atom. The third-order valence-corrected chi connectivity index (χ3v) is 4.84. The first-order chi connectivity index (χ1) is 12.5. The Kier molecular flexibility index (Phi) is 4.34. The second kappa shape index (κ2) is 6.66. The van der Waals surface area contributed by atoms with Crippen LogP contribution in [0.3, 0.4) is 0 Å². The van der Waals surface area contributed by atoms with Gasteiger partial charge in [0.05, 0.1) is 12.6 Å². The maximum atomic E-state index is 9.88. The minimum absolute atomic E-state index is 0.355. The third kappa shape index (κ3) is 3.04. The molecule has 7 nitrogen and oxygen atoms in total. The first-order valence-corrected chi connectivity index (χ1v) is 8.84. The van der Waals surface area contributed by atoms with Crippen LogP contribution in [0.4, 0.5) is 5.82 Å². The zero-order valence-electron chi connectivity index (χ0n) is 14.4. The fraction of sp³-hybridized carbons (Fsp3) is 0.333. The number of β-amino-alcohol motifs (C(OH)–C–C–N with tert-alkyl or cyclic N) is 1. The molecule has 1 N–H and O–H groups in total. The highest BCUT2D eigenvalue weighted by Crippen LogP contribution is 2.27. The van der Waals surface area contributed by atoms with E-state index in [-0.39, 0.29) is 6.10 Å². The van der Waals surface area contributed by atoms with E-state index in [0.29, 0.717) is 47.3 Å². The van der Waals surface area contributed by atoms with Crippen LogP contribution in [0, 0.1) is 0 Å². The standard InChI is InChI=1S/C18H19ClN6O/c1-11(2)16-20-17(24-8-7-13(26)10-24)15-18(21-16)25(23-22-15)9-12-5-3-4-6-14(12)19/h3-6,13,26H,1,7-10H2,2H3. The molecule has 1 fully saturated rings. The number of aliphatic hydroxyl groups is 1. The number of nitrogens with zero attached hydrogens (tertiary/aromatic N) is 6. The van der Waals surface area contributed by atoms with Crippen LogP contribution in [0.5, 0.6) is 0 Å². The van der Waals surface area contributed by atoms with Crippen molar-refractivity contribution in [3.8, 4) is 0 Å². The van der Waals surface area contributed by atoms with Gasteiger partial charge in [-0.1, -0.05) is 41.6 Å². The van der Waals surface area contributed by atoms with Crippen molar-refractivity contribution in [2.75, 3.05) is 18.0 Å². The van der Waals surface area contributed by atoms with Gasteiger partial charge in [0, 0.05) is 18.1 Å². The van der Waals surface area contributed by atoms with E-state index in [2.05, 4.69) is 26.9 Å². The molecule has 1 aliphatic heterocycles. The lowest BCUT2D eigenvalue weighted by Gasteiger charge is -2.17. The van der Waals surface area contributed by atoms with Crippen LogP contribution in [-0.2, 0) is 6.54 Å². The van der Waals surface area contributed by atoms with Crippen molar-refractivity contribution >= 4 is 34.2 Å². The quantitative estimate of drug-likeness (QED) is 0.760. The van der Waals surface area contributed by atoms with Gasteiger partial charge in [-0.3, -0.25) is 0 Å². The van der Waals surface area contributed by atoms with Gasteiger partial charge in [0.15, 0.2) is 22.8 Å². The van der Waals surface area contributed by atoms with Crippen LogP contribution >= 0.6 is 11.6 Å². The summed E-state index contributed by atoms with van der Waals surface area (Å²) in [5.41, 5.74) is 2.96. The Balaban J connectivity index is 1.82. The van der Waals surface area contributed by atoms with E-state index in [4.69, 9.17) is 11.6 Å². The SMILES string of the molecule is C=C(C)c1nc(N2CCC(O)C2)c2nnn(Cc3ccccc3Cl)c2n1. The average Bonchev–Trinajstić information content (AvgIpc) is 3.22. The fourth-order valence-corrected chi connectivity index (χ4v) is 3.28. The number of aromatic nitrogens is 5. The van der Waals surface area contributed by atoms with Crippen molar-refractivity contribution in [3.63, 3.8) is 0 Å². The molecule has 26 heavy (non-hydrogen) atoms. The zero-order valence-corrected chi connectivity index (χ0v) is 15.2. The van der Waals surface area contributed by atoms with Gasteiger partial charge >= 0.3 is 0 Å². The Bertz CT molecular complexity index is 985. The van der Waals surface area contributed by atoms with Gasteiger partial charge in [-0.2, -0.15) is 0 Å². The molecule has 0 aliphatic carbocycles. The maximum absolute atomic E-state index is 9.88. The molecule has 3 aromatic rings. The van der Waals surface area contributed by atoms with E-state index in [0.717, 1.165) is 17.7 Å². The lowest BCUT2D eigenvalue weighted by atomic mass is 10.2. The van der Waals surface area contributed by atoms with Gasteiger partial charge in [-0.15, -0.1) is 5.10 Å². The van der Waals surface area contributed by atoms with Crippen molar-refractivity contribution in [1.82, 2.24) is 25.0 Å². The summed E-state index contributed by atoms with van der Waals surface area (Å²) in [5.74, 6) is 1.24. The summed E-state index contributed by atoms with van der Waals surface area (Å²) >= 11 is 6.28.